The van der Waals surface area contributed by atoms with E-state index in [0.717, 1.165) is 5.56 Å². The van der Waals surface area contributed by atoms with Crippen molar-refractivity contribution in [1.82, 2.24) is 0 Å². The van der Waals surface area contributed by atoms with Gasteiger partial charge in [0.2, 0.25) is 0 Å². The molecule has 2 heterocycles. The van der Waals surface area contributed by atoms with E-state index in [1.807, 2.05) is 26.0 Å². The van der Waals surface area contributed by atoms with Crippen LogP contribution in [-0.4, -0.2) is 39.3 Å². The number of allylic oxidation sites excluding steroid dienone is 1. The monoisotopic (exact) mass is 408 g/mol. The minimum absolute atomic E-state index is 0.116. The number of fused-ring (bicyclic) bond motifs is 2. The van der Waals surface area contributed by atoms with Crippen LogP contribution in [-0.2, 0) is 4.74 Å². The van der Waals surface area contributed by atoms with E-state index in [1.165, 1.54) is 0 Å². The van der Waals surface area contributed by atoms with Gasteiger partial charge in [0.15, 0.2) is 17.3 Å². The van der Waals surface area contributed by atoms with Gasteiger partial charge in [0, 0.05) is 28.8 Å². The van der Waals surface area contributed by atoms with Crippen molar-refractivity contribution in [3.63, 3.8) is 0 Å². The van der Waals surface area contributed by atoms with Crippen LogP contribution < -0.4 is 18.9 Å². The molecule has 4 rings (SSSR count). The van der Waals surface area contributed by atoms with Crippen molar-refractivity contribution >= 4 is 17.1 Å². The smallest absolute Gasteiger partial charge is 0.193 e. The predicted molar refractivity (Wildman–Crippen MR) is 113 cm³/mol. The maximum Gasteiger partial charge on any atom is 0.193 e. The molecule has 0 amide bonds. The van der Waals surface area contributed by atoms with Crippen LogP contribution in [0.3, 0.4) is 0 Å². The van der Waals surface area contributed by atoms with Crippen LogP contribution in [0.5, 0.6) is 23.0 Å². The molecule has 0 aliphatic carbocycles. The highest BCUT2D eigenvalue weighted by atomic mass is 16.5. The lowest BCUT2D eigenvalue weighted by Gasteiger charge is -2.30. The van der Waals surface area contributed by atoms with Crippen LogP contribution in [0.25, 0.3) is 11.3 Å². The Morgan fingerprint density at radius 1 is 0.933 bits per heavy atom. The van der Waals surface area contributed by atoms with Crippen LogP contribution in [0, 0.1) is 0 Å². The second-order valence-corrected chi connectivity index (χ2v) is 7.59. The number of ketones is 1. The molecule has 2 aliphatic heterocycles. The number of carbonyl (C=O) groups is 1. The molecule has 0 spiro atoms. The Morgan fingerprint density at radius 3 is 2.37 bits per heavy atom. The molecule has 0 aromatic heterocycles. The summed E-state index contributed by atoms with van der Waals surface area (Å²) < 4.78 is 28.0. The molecule has 0 atom stereocenters. The van der Waals surface area contributed by atoms with Crippen LogP contribution in [0.2, 0.25) is 0 Å². The summed E-state index contributed by atoms with van der Waals surface area (Å²) in [6, 6.07) is 8.89. The van der Waals surface area contributed by atoms with Crippen molar-refractivity contribution in [2.24, 2.45) is 0 Å². The maximum atomic E-state index is 13.4. The Labute approximate surface area is 175 Å². The third kappa shape index (κ3) is 3.38. The number of ether oxygens (including phenoxy) is 5. The van der Waals surface area contributed by atoms with Gasteiger partial charge in [0.25, 0.3) is 0 Å². The van der Waals surface area contributed by atoms with Gasteiger partial charge in [-0.15, -0.1) is 0 Å². The van der Waals surface area contributed by atoms with E-state index in [0.29, 0.717) is 52.1 Å². The average molecular weight is 408 g/mol. The molecule has 156 valence electrons. The molecule has 0 N–H and O–H groups in total. The Bertz CT molecular complexity index is 1080. The molecule has 0 fully saturated rings. The number of benzene rings is 2. The van der Waals surface area contributed by atoms with Crippen molar-refractivity contribution in [1.29, 1.82) is 0 Å². The predicted octanol–water partition coefficient (Wildman–Crippen LogP) is 4.52. The molecule has 6 heteroatoms. The second-order valence-electron chi connectivity index (χ2n) is 7.59. The number of rotatable bonds is 5. The highest BCUT2D eigenvalue weighted by Crippen LogP contribution is 2.42. The summed E-state index contributed by atoms with van der Waals surface area (Å²) in [5.41, 5.74) is 2.03. The first-order valence-electron chi connectivity index (χ1n) is 9.61. The van der Waals surface area contributed by atoms with Crippen molar-refractivity contribution < 1.29 is 28.5 Å². The lowest BCUT2D eigenvalue weighted by Crippen LogP contribution is -2.29. The summed E-state index contributed by atoms with van der Waals surface area (Å²) >= 11 is 0. The van der Waals surface area contributed by atoms with Crippen molar-refractivity contribution in [3.05, 3.63) is 59.2 Å². The van der Waals surface area contributed by atoms with Crippen molar-refractivity contribution in [2.45, 2.75) is 19.4 Å². The molecule has 6 nitrogen and oxygen atoms in total. The number of Topliss-reactive ketones (excluding diaryl/α,β-unsaturated/α-hetero) is 1. The van der Waals surface area contributed by atoms with Gasteiger partial charge in [0.1, 0.15) is 29.5 Å². The topological polar surface area (TPSA) is 63.2 Å². The summed E-state index contributed by atoms with van der Waals surface area (Å²) in [4.78, 5) is 13.4. The normalized spacial score (nSPS) is 16.0. The van der Waals surface area contributed by atoms with Crippen LogP contribution in [0.15, 0.2) is 42.5 Å². The van der Waals surface area contributed by atoms with Gasteiger partial charge >= 0.3 is 0 Å². The highest BCUT2D eigenvalue weighted by molar-refractivity contribution is 6.30. The van der Waals surface area contributed by atoms with E-state index in [9.17, 15) is 4.79 Å². The molecule has 30 heavy (non-hydrogen) atoms. The Hall–Kier alpha value is -3.41. The molecule has 0 radical (unpaired) electrons. The fourth-order valence-electron chi connectivity index (χ4n) is 3.71. The molecular weight excluding hydrogens is 384 g/mol. The van der Waals surface area contributed by atoms with Crippen LogP contribution in [0.4, 0.5) is 0 Å². The van der Waals surface area contributed by atoms with Crippen molar-refractivity contribution in [3.8, 4) is 23.0 Å². The maximum absolute atomic E-state index is 13.4. The Morgan fingerprint density at radius 2 is 1.67 bits per heavy atom. The zero-order chi connectivity index (χ0) is 21.5. The van der Waals surface area contributed by atoms with E-state index in [1.54, 1.807) is 51.7 Å². The first-order chi connectivity index (χ1) is 14.4. The molecule has 0 saturated heterocycles. The van der Waals surface area contributed by atoms with Gasteiger partial charge in [-0.2, -0.15) is 0 Å². The molecule has 0 unspecified atom stereocenters. The number of hydrogen-bond donors (Lipinski definition) is 0. The van der Waals surface area contributed by atoms with Gasteiger partial charge in [0.05, 0.1) is 26.9 Å². The zero-order valence-corrected chi connectivity index (χ0v) is 17.7. The first-order valence-corrected chi connectivity index (χ1v) is 9.61. The molecule has 2 aromatic rings. The van der Waals surface area contributed by atoms with Gasteiger partial charge in [-0.1, -0.05) is 0 Å². The fraction of sp³-hybridized carbons (Fsp3) is 0.292. The molecule has 0 saturated carbocycles. The summed E-state index contributed by atoms with van der Waals surface area (Å²) in [5, 5.41) is 0. The van der Waals surface area contributed by atoms with Gasteiger partial charge < -0.3 is 23.7 Å². The Kier molecular flexibility index (Phi) is 4.94. The second kappa shape index (κ2) is 7.44. The van der Waals surface area contributed by atoms with Gasteiger partial charge in [-0.05, 0) is 44.2 Å². The van der Waals surface area contributed by atoms with Gasteiger partial charge in [-0.3, -0.25) is 4.79 Å². The average Bonchev–Trinajstić information content (AvgIpc) is 2.75. The van der Waals surface area contributed by atoms with E-state index in [2.05, 4.69) is 0 Å². The number of hydrogen-bond acceptors (Lipinski definition) is 6. The largest absolute Gasteiger partial charge is 0.496 e. The van der Waals surface area contributed by atoms with Crippen molar-refractivity contribution in [2.75, 3.05) is 27.9 Å². The number of methoxy groups -OCH3 is 3. The van der Waals surface area contributed by atoms with Gasteiger partial charge in [-0.25, -0.2) is 0 Å². The van der Waals surface area contributed by atoms with E-state index in [-0.39, 0.29) is 5.78 Å². The van der Waals surface area contributed by atoms with Crippen LogP contribution >= 0.6 is 0 Å². The lowest BCUT2D eigenvalue weighted by molar-refractivity contribution is 0.105. The molecular formula is C24H24O6. The SMILES string of the molecule is COC1=CC(C)(C)Oc2ccc(C(=O)C3=CCOc4cc(OC)c(OC)cc43)cc21. The van der Waals surface area contributed by atoms with E-state index < -0.39 is 5.60 Å². The minimum atomic E-state index is -0.484. The zero-order valence-electron chi connectivity index (χ0n) is 17.7. The molecule has 0 bridgehead atoms. The van der Waals surface area contributed by atoms with E-state index in [4.69, 9.17) is 23.7 Å². The third-order valence-electron chi connectivity index (χ3n) is 5.13. The Balaban J connectivity index is 1.75. The summed E-state index contributed by atoms with van der Waals surface area (Å²) in [6.45, 7) is 4.22. The highest BCUT2D eigenvalue weighted by Gasteiger charge is 2.29. The number of carbonyl (C=O) groups excluding carboxylic acids is 1. The lowest BCUT2D eigenvalue weighted by atomic mass is 9.92. The first kappa shape index (κ1) is 19.9. The standard InChI is InChI=1S/C24H24O6/c1-24(2)13-22(28-5)17-10-14(6-7-18(17)30-24)23(25)15-8-9-29-19-12-21(27-4)20(26-3)11-16(15)19/h6-8,10-13H,9H2,1-5H3. The minimum Gasteiger partial charge on any atom is -0.496 e. The quantitative estimate of drug-likeness (QED) is 0.678. The third-order valence-corrected chi connectivity index (χ3v) is 5.13. The molecule has 2 aromatic carbocycles. The summed E-state index contributed by atoms with van der Waals surface area (Å²) in [7, 11) is 4.73. The summed E-state index contributed by atoms with van der Waals surface area (Å²) in [6.07, 6.45) is 3.69. The van der Waals surface area contributed by atoms with Crippen LogP contribution in [0.1, 0.15) is 35.3 Å². The molecule has 2 aliphatic rings. The summed E-state index contributed by atoms with van der Waals surface area (Å²) in [5.74, 6) is 2.92. The fourth-order valence-corrected chi connectivity index (χ4v) is 3.71. The van der Waals surface area contributed by atoms with E-state index >= 15 is 0 Å².